The molecule has 13 heavy (non-hydrogen) atoms. The lowest BCUT2D eigenvalue weighted by molar-refractivity contribution is 1.30. The summed E-state index contributed by atoms with van der Waals surface area (Å²) in [6.07, 6.45) is 4.22. The van der Waals surface area contributed by atoms with Gasteiger partial charge in [0.25, 0.3) is 0 Å². The summed E-state index contributed by atoms with van der Waals surface area (Å²) < 4.78 is 0. The number of benzene rings is 1. The monoisotopic (exact) mass is 193 g/mol. The van der Waals surface area contributed by atoms with E-state index in [1.165, 1.54) is 10.5 Å². The summed E-state index contributed by atoms with van der Waals surface area (Å²) in [4.78, 5) is 1.31. The molecule has 1 rings (SSSR count). The molecular formula is C11H15NS. The van der Waals surface area contributed by atoms with Crippen LogP contribution in [0.1, 0.15) is 12.5 Å². The zero-order chi connectivity index (χ0) is 9.68. The molecule has 2 heteroatoms. The largest absolute Gasteiger partial charge is 0.399 e. The Hall–Kier alpha value is -0.890. The number of hydrogen-bond donors (Lipinski definition) is 1. The number of rotatable bonds is 3. The molecule has 0 heterocycles. The predicted molar refractivity (Wildman–Crippen MR) is 61.1 cm³/mol. The van der Waals surface area contributed by atoms with Crippen LogP contribution < -0.4 is 5.73 Å². The van der Waals surface area contributed by atoms with Gasteiger partial charge in [-0.2, -0.15) is 0 Å². The average Bonchev–Trinajstić information content (AvgIpc) is 2.09. The molecule has 0 spiro atoms. The maximum absolute atomic E-state index is 5.66. The third-order valence-electron chi connectivity index (χ3n) is 1.77. The highest BCUT2D eigenvalue weighted by Crippen LogP contribution is 2.23. The summed E-state index contributed by atoms with van der Waals surface area (Å²) in [5, 5.41) is 0. The zero-order valence-electron chi connectivity index (χ0n) is 8.08. The standard InChI is InChI=1S/C11H15NS/c1-3-4-7-13-11-6-5-10(12)8-9(11)2/h3-6,8H,7,12H2,1-2H3/b4-3+. The maximum atomic E-state index is 5.66. The molecule has 1 aromatic carbocycles. The number of aryl methyl sites for hydroxylation is 1. The van der Waals surface area contributed by atoms with Gasteiger partial charge in [-0.3, -0.25) is 0 Å². The lowest BCUT2D eigenvalue weighted by atomic mass is 10.2. The van der Waals surface area contributed by atoms with E-state index in [9.17, 15) is 0 Å². The zero-order valence-corrected chi connectivity index (χ0v) is 8.90. The molecule has 1 nitrogen and oxygen atoms in total. The van der Waals surface area contributed by atoms with Crippen LogP contribution in [0.2, 0.25) is 0 Å². The third kappa shape index (κ3) is 3.15. The van der Waals surface area contributed by atoms with E-state index in [1.807, 2.05) is 30.8 Å². The molecule has 0 amide bonds. The first-order valence-electron chi connectivity index (χ1n) is 4.34. The summed E-state index contributed by atoms with van der Waals surface area (Å²) in [7, 11) is 0. The highest BCUT2D eigenvalue weighted by molar-refractivity contribution is 7.99. The van der Waals surface area contributed by atoms with Gasteiger partial charge < -0.3 is 5.73 Å². The van der Waals surface area contributed by atoms with E-state index in [4.69, 9.17) is 5.73 Å². The van der Waals surface area contributed by atoms with E-state index < -0.39 is 0 Å². The van der Waals surface area contributed by atoms with Crippen LogP contribution in [0.25, 0.3) is 0 Å². The van der Waals surface area contributed by atoms with Crippen LogP contribution in [0.4, 0.5) is 5.69 Å². The highest BCUT2D eigenvalue weighted by atomic mass is 32.2. The van der Waals surface area contributed by atoms with E-state index in [-0.39, 0.29) is 0 Å². The Labute approximate surface area is 84.0 Å². The van der Waals surface area contributed by atoms with Gasteiger partial charge in [0.2, 0.25) is 0 Å². The molecule has 0 fully saturated rings. The van der Waals surface area contributed by atoms with E-state index in [0.717, 1.165) is 11.4 Å². The van der Waals surface area contributed by atoms with Gasteiger partial charge in [-0.15, -0.1) is 11.8 Å². The van der Waals surface area contributed by atoms with Crippen LogP contribution in [0.15, 0.2) is 35.2 Å². The molecule has 0 saturated carbocycles. The summed E-state index contributed by atoms with van der Waals surface area (Å²) in [6, 6.07) is 6.04. The lowest BCUT2D eigenvalue weighted by Crippen LogP contribution is -1.87. The molecule has 0 radical (unpaired) electrons. The minimum Gasteiger partial charge on any atom is -0.399 e. The van der Waals surface area contributed by atoms with Crippen molar-refractivity contribution < 1.29 is 0 Å². The van der Waals surface area contributed by atoms with Crippen molar-refractivity contribution in [3.05, 3.63) is 35.9 Å². The fourth-order valence-corrected chi connectivity index (χ4v) is 1.99. The normalized spacial score (nSPS) is 10.9. The fourth-order valence-electron chi connectivity index (χ4n) is 1.07. The van der Waals surface area contributed by atoms with Gasteiger partial charge in [0.1, 0.15) is 0 Å². The van der Waals surface area contributed by atoms with Crippen molar-refractivity contribution in [3.63, 3.8) is 0 Å². The minimum atomic E-state index is 0.841. The molecule has 0 saturated heterocycles. The third-order valence-corrected chi connectivity index (χ3v) is 2.90. The van der Waals surface area contributed by atoms with E-state index in [2.05, 4.69) is 25.1 Å². The molecule has 2 N–H and O–H groups in total. The first kappa shape index (κ1) is 10.2. The molecule has 0 aromatic heterocycles. The molecule has 70 valence electrons. The number of nitrogens with two attached hydrogens (primary N) is 1. The van der Waals surface area contributed by atoms with E-state index in [0.29, 0.717) is 0 Å². The summed E-state index contributed by atoms with van der Waals surface area (Å²) in [6.45, 7) is 4.13. The van der Waals surface area contributed by atoms with Gasteiger partial charge in [0.15, 0.2) is 0 Å². The fraction of sp³-hybridized carbons (Fsp3) is 0.273. The smallest absolute Gasteiger partial charge is 0.0317 e. The van der Waals surface area contributed by atoms with Crippen molar-refractivity contribution in [1.29, 1.82) is 0 Å². The van der Waals surface area contributed by atoms with Gasteiger partial charge >= 0.3 is 0 Å². The SMILES string of the molecule is C/C=C/CSc1ccc(N)cc1C. The first-order valence-corrected chi connectivity index (χ1v) is 5.32. The maximum Gasteiger partial charge on any atom is 0.0317 e. The molecule has 0 bridgehead atoms. The van der Waals surface area contributed by atoms with E-state index in [1.54, 1.807) is 0 Å². The van der Waals surface area contributed by atoms with Crippen LogP contribution in [0.5, 0.6) is 0 Å². The molecular weight excluding hydrogens is 178 g/mol. The van der Waals surface area contributed by atoms with Crippen LogP contribution in [-0.4, -0.2) is 5.75 Å². The Balaban J connectivity index is 2.66. The van der Waals surface area contributed by atoms with Crippen molar-refractivity contribution in [1.82, 2.24) is 0 Å². The topological polar surface area (TPSA) is 26.0 Å². The van der Waals surface area contributed by atoms with Crippen LogP contribution >= 0.6 is 11.8 Å². The summed E-state index contributed by atoms with van der Waals surface area (Å²) >= 11 is 1.84. The first-order chi connectivity index (χ1) is 6.24. The molecule has 0 unspecified atom stereocenters. The predicted octanol–water partition coefficient (Wildman–Crippen LogP) is 3.25. The van der Waals surface area contributed by atoms with Gasteiger partial charge in [-0.05, 0) is 37.6 Å². The summed E-state index contributed by atoms with van der Waals surface area (Å²) in [5.74, 6) is 1.03. The van der Waals surface area contributed by atoms with Crippen molar-refractivity contribution in [2.75, 3.05) is 11.5 Å². The molecule has 0 aliphatic heterocycles. The number of nitrogen functional groups attached to an aromatic ring is 1. The van der Waals surface area contributed by atoms with Crippen molar-refractivity contribution in [2.45, 2.75) is 18.7 Å². The molecule has 0 aliphatic rings. The minimum absolute atomic E-state index is 0.841. The Morgan fingerprint density at radius 1 is 1.46 bits per heavy atom. The molecule has 1 aromatic rings. The number of hydrogen-bond acceptors (Lipinski definition) is 2. The van der Waals surface area contributed by atoms with Gasteiger partial charge in [0, 0.05) is 16.3 Å². The molecule has 0 atom stereocenters. The van der Waals surface area contributed by atoms with E-state index >= 15 is 0 Å². The second-order valence-electron chi connectivity index (χ2n) is 2.90. The van der Waals surface area contributed by atoms with Crippen LogP contribution in [-0.2, 0) is 0 Å². The molecule has 0 aliphatic carbocycles. The van der Waals surface area contributed by atoms with Crippen molar-refractivity contribution in [2.24, 2.45) is 0 Å². The second-order valence-corrected chi connectivity index (χ2v) is 3.97. The quantitative estimate of drug-likeness (QED) is 0.453. The second kappa shape index (κ2) is 4.97. The summed E-state index contributed by atoms with van der Waals surface area (Å²) in [5.41, 5.74) is 7.76. The Kier molecular flexibility index (Phi) is 3.90. The Morgan fingerprint density at radius 2 is 2.23 bits per heavy atom. The Morgan fingerprint density at radius 3 is 2.85 bits per heavy atom. The van der Waals surface area contributed by atoms with Gasteiger partial charge in [0.05, 0.1) is 0 Å². The Bertz CT molecular complexity index is 305. The number of anilines is 1. The van der Waals surface area contributed by atoms with Crippen LogP contribution in [0, 0.1) is 6.92 Å². The number of thioether (sulfide) groups is 1. The van der Waals surface area contributed by atoms with Crippen molar-refractivity contribution >= 4 is 17.4 Å². The van der Waals surface area contributed by atoms with Crippen molar-refractivity contribution in [3.8, 4) is 0 Å². The van der Waals surface area contributed by atoms with Crippen LogP contribution in [0.3, 0.4) is 0 Å². The number of allylic oxidation sites excluding steroid dienone is 1. The average molecular weight is 193 g/mol. The van der Waals surface area contributed by atoms with Gasteiger partial charge in [-0.1, -0.05) is 12.2 Å². The van der Waals surface area contributed by atoms with Gasteiger partial charge in [-0.25, -0.2) is 0 Å². The highest BCUT2D eigenvalue weighted by Gasteiger charge is 1.97. The lowest BCUT2D eigenvalue weighted by Gasteiger charge is -2.04.